The minimum Gasteiger partial charge on any atom is -0.258 e. The molecule has 0 radical (unpaired) electrons. The molecule has 0 aliphatic carbocycles. The van der Waals surface area contributed by atoms with E-state index in [4.69, 9.17) is 0 Å². The number of hydrogen-bond donors (Lipinski definition) is 0. The molecule has 0 saturated carbocycles. The van der Waals surface area contributed by atoms with Gasteiger partial charge in [-0.3, -0.25) is 3.07 Å². The van der Waals surface area contributed by atoms with E-state index in [0.29, 0.717) is 0 Å². The van der Waals surface area contributed by atoms with Crippen LogP contribution < -0.4 is 0 Å². The van der Waals surface area contributed by atoms with Gasteiger partial charge in [-0.1, -0.05) is 8.93 Å². The smallest absolute Gasteiger partial charge is 0.216 e. The van der Waals surface area contributed by atoms with E-state index in [1.165, 1.54) is 8.93 Å². The molecule has 1 nitrogen and oxygen atoms in total. The predicted molar refractivity (Wildman–Crippen MR) is 28.2 cm³/mol. The van der Waals surface area contributed by atoms with Crippen LogP contribution in [0.5, 0.6) is 0 Å². The summed E-state index contributed by atoms with van der Waals surface area (Å²) in [4.78, 5) is 0. The number of hydrogen-bond acceptors (Lipinski definition) is 2. The molecule has 26 valence electrons. The molecule has 0 aliphatic heterocycles. The molecular weight excluding hydrogens is 187 g/mol. The van der Waals surface area contributed by atoms with Gasteiger partial charge in [0.15, 0.2) is 0 Å². The van der Waals surface area contributed by atoms with E-state index >= 15 is 0 Å². The van der Waals surface area contributed by atoms with Gasteiger partial charge in [0, 0.05) is 0 Å². The first-order valence-corrected chi connectivity index (χ1v) is 5.37. The first kappa shape index (κ1) is 4.88. The summed E-state index contributed by atoms with van der Waals surface area (Å²) in [5, 5.41) is 0. The molecule has 0 atom stereocenters. The zero-order chi connectivity index (χ0) is 3.41. The minimum absolute atomic E-state index is 0.723. The van der Waals surface area contributed by atoms with Crippen molar-refractivity contribution in [3.8, 4) is 0 Å². The van der Waals surface area contributed by atoms with Crippen LogP contribution in [0.25, 0.3) is 0 Å². The highest BCUT2D eigenvalue weighted by Gasteiger charge is 1.54. The van der Waals surface area contributed by atoms with Gasteiger partial charge in [-0.2, -0.15) is 0 Å². The maximum Gasteiger partial charge on any atom is 0.216 e. The fourth-order valence-electron chi connectivity index (χ4n) is 0. The summed E-state index contributed by atoms with van der Waals surface area (Å²) in [6, 6.07) is 0. The van der Waals surface area contributed by atoms with Crippen molar-refractivity contribution < 1.29 is 3.07 Å². The van der Waals surface area contributed by atoms with E-state index in [-0.39, 0.29) is 0 Å². The first-order valence-electron chi connectivity index (χ1n) is 0.717. The third-order valence-corrected chi connectivity index (χ3v) is 1.27. The Balaban J connectivity index is 2.30. The lowest BCUT2D eigenvalue weighted by Gasteiger charge is -1.49. The molecular formula is CH3IOS. The van der Waals surface area contributed by atoms with Crippen molar-refractivity contribution in [2.75, 3.05) is 6.26 Å². The van der Waals surface area contributed by atoms with Gasteiger partial charge in [0.25, 0.3) is 0 Å². The van der Waals surface area contributed by atoms with Crippen LogP contribution in [0.4, 0.5) is 0 Å². The monoisotopic (exact) mass is 190 g/mol. The third kappa shape index (κ3) is 2.88. The zero-order valence-electron chi connectivity index (χ0n) is 2.19. The van der Waals surface area contributed by atoms with Gasteiger partial charge < -0.3 is 0 Å². The number of halogens is 1. The second kappa shape index (κ2) is 3.88. The van der Waals surface area contributed by atoms with Gasteiger partial charge in [-0.25, -0.2) is 0 Å². The Hall–Kier alpha value is 0.880. The third-order valence-electron chi connectivity index (χ3n) is 0.0630. The van der Waals surface area contributed by atoms with Gasteiger partial charge in [-0.05, 0) is 6.26 Å². The Morgan fingerprint density at radius 3 is 2.25 bits per heavy atom. The average molecular weight is 190 g/mol. The molecule has 0 aromatic rings. The molecule has 0 unspecified atom stereocenters. The lowest BCUT2D eigenvalue weighted by atomic mass is 12.0. The fraction of sp³-hybridized carbons (Fsp3) is 1.00. The van der Waals surface area contributed by atoms with E-state index in [1.807, 2.05) is 6.26 Å². The Bertz CT molecular complexity index is 22.0. The number of rotatable bonds is 1. The Morgan fingerprint density at radius 1 is 2.00 bits per heavy atom. The summed E-state index contributed by atoms with van der Waals surface area (Å²) in [7, 11) is 1.41. The molecule has 0 saturated heterocycles. The van der Waals surface area contributed by atoms with Crippen molar-refractivity contribution in [3.05, 3.63) is 0 Å². The molecule has 0 aromatic heterocycles. The molecule has 0 spiro atoms. The molecule has 0 heterocycles. The predicted octanol–water partition coefficient (Wildman–Crippen LogP) is 1.58. The molecule has 4 heavy (non-hydrogen) atoms. The molecule has 0 fully saturated rings. The lowest BCUT2D eigenvalue weighted by molar-refractivity contribution is 0.649. The average Bonchev–Trinajstić information content (AvgIpc) is 1.37. The minimum atomic E-state index is -0.723. The van der Waals surface area contributed by atoms with Crippen molar-refractivity contribution >= 4 is 28.7 Å². The Labute approximate surface area is 38.2 Å². The summed E-state index contributed by atoms with van der Waals surface area (Å²) < 4.78 is 9.37. The van der Waals surface area contributed by atoms with Crippen LogP contribution in [-0.2, 0) is 3.07 Å². The zero-order valence-corrected chi connectivity index (χ0v) is 5.17. The highest BCUT2D eigenvalue weighted by atomic mass is 127. The van der Waals surface area contributed by atoms with Gasteiger partial charge in [0.2, 0.25) is 19.8 Å². The Kier molecular flexibility index (Phi) is 4.73. The van der Waals surface area contributed by atoms with Crippen molar-refractivity contribution in [3.63, 3.8) is 0 Å². The molecule has 0 aliphatic rings. The topological polar surface area (TPSA) is 17.1 Å². The largest absolute Gasteiger partial charge is 0.258 e. The van der Waals surface area contributed by atoms with Gasteiger partial charge in [-0.15, -0.1) is 0 Å². The summed E-state index contributed by atoms with van der Waals surface area (Å²) in [5.41, 5.74) is 0. The molecule has 3 heteroatoms. The van der Waals surface area contributed by atoms with Crippen molar-refractivity contribution in [2.45, 2.75) is 0 Å². The van der Waals surface area contributed by atoms with E-state index in [2.05, 4.69) is 0 Å². The maximum absolute atomic E-state index is 9.37. The van der Waals surface area contributed by atoms with Crippen LogP contribution >= 0.6 is 28.7 Å². The summed E-state index contributed by atoms with van der Waals surface area (Å²) >= 11 is -0.723. The molecule has 0 bridgehead atoms. The highest BCUT2D eigenvalue weighted by Crippen LogP contribution is 2.10. The quantitative estimate of drug-likeness (QED) is 0.584. The Morgan fingerprint density at radius 2 is 2.25 bits per heavy atom. The van der Waals surface area contributed by atoms with Crippen molar-refractivity contribution in [2.24, 2.45) is 0 Å². The van der Waals surface area contributed by atoms with Crippen molar-refractivity contribution in [1.29, 1.82) is 0 Å². The summed E-state index contributed by atoms with van der Waals surface area (Å²) in [5.74, 6) is 0. The van der Waals surface area contributed by atoms with Gasteiger partial charge >= 0.3 is 0 Å². The van der Waals surface area contributed by atoms with Gasteiger partial charge in [0.05, 0.1) is 0 Å². The highest BCUT2D eigenvalue weighted by molar-refractivity contribution is 14.2. The molecule has 0 N–H and O–H groups in total. The van der Waals surface area contributed by atoms with Crippen LogP contribution in [0.3, 0.4) is 0 Å². The van der Waals surface area contributed by atoms with Crippen LogP contribution in [0.2, 0.25) is 0 Å². The fourth-order valence-corrected chi connectivity index (χ4v) is 0. The lowest BCUT2D eigenvalue weighted by Crippen LogP contribution is -1.11. The second-order valence-corrected chi connectivity index (χ2v) is 4.37. The van der Waals surface area contributed by atoms with E-state index < -0.39 is 19.8 Å². The first-order chi connectivity index (χ1) is 1.91. The van der Waals surface area contributed by atoms with E-state index in [9.17, 15) is 3.07 Å². The van der Waals surface area contributed by atoms with Crippen LogP contribution in [0.1, 0.15) is 0 Å². The summed E-state index contributed by atoms with van der Waals surface area (Å²) in [6.07, 6.45) is 1.83. The van der Waals surface area contributed by atoms with Crippen molar-refractivity contribution in [1.82, 2.24) is 0 Å². The standard InChI is InChI=1S/CH3IOS/c1-4-2-3/h1H3. The normalized spacial score (nSPS) is 7.25. The molecule has 0 rings (SSSR count). The summed E-state index contributed by atoms with van der Waals surface area (Å²) in [6.45, 7) is 0. The molecule has 0 amide bonds. The van der Waals surface area contributed by atoms with E-state index in [0.717, 1.165) is 0 Å². The van der Waals surface area contributed by atoms with Crippen LogP contribution in [0, 0.1) is 0 Å². The SMILES string of the molecule is CSI=O. The maximum atomic E-state index is 9.37. The van der Waals surface area contributed by atoms with E-state index in [1.54, 1.807) is 0 Å². The van der Waals surface area contributed by atoms with Gasteiger partial charge in [0.1, 0.15) is 0 Å². The second-order valence-electron chi connectivity index (χ2n) is 0.217. The van der Waals surface area contributed by atoms with Crippen LogP contribution in [0.15, 0.2) is 0 Å². The van der Waals surface area contributed by atoms with Crippen LogP contribution in [-0.4, -0.2) is 6.26 Å². The molecule has 0 aromatic carbocycles.